The molecule has 0 unspecified atom stereocenters. The zero-order valence-electron chi connectivity index (χ0n) is 15.2. The molecule has 6 nitrogen and oxygen atoms in total. The Kier molecular flexibility index (Phi) is 6.79. The molecule has 1 heterocycles. The largest absolute Gasteiger partial charge is 0.454 e. The number of alkyl halides is 3. The van der Waals surface area contributed by atoms with Gasteiger partial charge in [-0.15, -0.1) is 0 Å². The van der Waals surface area contributed by atoms with Gasteiger partial charge in [0.25, 0.3) is 5.91 Å². The molecule has 0 radical (unpaired) electrons. The van der Waals surface area contributed by atoms with Crippen molar-refractivity contribution in [1.82, 2.24) is 15.8 Å². The van der Waals surface area contributed by atoms with Crippen LogP contribution in [0.25, 0.3) is 0 Å². The van der Waals surface area contributed by atoms with Gasteiger partial charge in [-0.1, -0.05) is 13.8 Å². The van der Waals surface area contributed by atoms with Gasteiger partial charge in [0, 0.05) is 5.56 Å². The van der Waals surface area contributed by atoms with Gasteiger partial charge < -0.3 is 4.42 Å². The highest BCUT2D eigenvalue weighted by Crippen LogP contribution is 2.31. The second kappa shape index (κ2) is 8.87. The molecule has 10 heteroatoms. The predicted molar refractivity (Wildman–Crippen MR) is 91.7 cm³/mol. The van der Waals surface area contributed by atoms with Gasteiger partial charge in [-0.2, -0.15) is 13.2 Å². The second-order valence-corrected chi connectivity index (χ2v) is 5.83. The third-order valence-electron chi connectivity index (χ3n) is 3.98. The summed E-state index contributed by atoms with van der Waals surface area (Å²) in [5.74, 6) is -2.83. The molecular formula is C18H19F4N3O3. The Labute approximate surface area is 158 Å². The Balaban J connectivity index is 2.00. The van der Waals surface area contributed by atoms with E-state index < -0.39 is 34.9 Å². The zero-order chi connectivity index (χ0) is 20.9. The van der Waals surface area contributed by atoms with E-state index >= 15 is 0 Å². The van der Waals surface area contributed by atoms with Crippen molar-refractivity contribution in [3.05, 3.63) is 58.8 Å². The van der Waals surface area contributed by atoms with Crippen LogP contribution in [0.5, 0.6) is 0 Å². The van der Waals surface area contributed by atoms with Gasteiger partial charge in [0.15, 0.2) is 5.76 Å². The predicted octanol–water partition coefficient (Wildman–Crippen LogP) is 3.35. The van der Waals surface area contributed by atoms with Gasteiger partial charge in [0.05, 0.1) is 12.1 Å². The van der Waals surface area contributed by atoms with Crippen molar-refractivity contribution < 1.29 is 31.6 Å². The number of amides is 2. The molecule has 2 amide bonds. The highest BCUT2D eigenvalue weighted by Gasteiger charge is 2.34. The van der Waals surface area contributed by atoms with E-state index in [1.54, 1.807) is 6.07 Å². The summed E-state index contributed by atoms with van der Waals surface area (Å²) in [6.45, 7) is 6.06. The van der Waals surface area contributed by atoms with E-state index in [-0.39, 0.29) is 5.76 Å². The second-order valence-electron chi connectivity index (χ2n) is 5.83. The number of hydrazine groups is 1. The fourth-order valence-corrected chi connectivity index (χ4v) is 2.38. The average Bonchev–Trinajstić information content (AvgIpc) is 3.12. The number of rotatable bonds is 6. The van der Waals surface area contributed by atoms with E-state index in [0.717, 1.165) is 19.2 Å². The maximum absolute atomic E-state index is 13.3. The molecule has 28 heavy (non-hydrogen) atoms. The lowest BCUT2D eigenvalue weighted by Gasteiger charge is -2.15. The van der Waals surface area contributed by atoms with E-state index in [0.29, 0.717) is 24.4 Å². The first-order chi connectivity index (χ1) is 13.2. The van der Waals surface area contributed by atoms with E-state index in [1.165, 1.54) is 6.07 Å². The average molecular weight is 401 g/mol. The molecule has 2 aromatic rings. The van der Waals surface area contributed by atoms with Crippen molar-refractivity contribution >= 4 is 11.8 Å². The number of carbonyl (C=O) groups excluding carboxylic acids is 2. The first-order valence-corrected chi connectivity index (χ1v) is 8.44. The van der Waals surface area contributed by atoms with Gasteiger partial charge in [-0.25, -0.2) is 4.39 Å². The molecule has 2 rings (SSSR count). The van der Waals surface area contributed by atoms with Crippen LogP contribution < -0.4 is 10.9 Å². The summed E-state index contributed by atoms with van der Waals surface area (Å²) in [7, 11) is 0. The first-order valence-electron chi connectivity index (χ1n) is 8.44. The Morgan fingerprint density at radius 3 is 2.29 bits per heavy atom. The number of hydrogen-bond donors (Lipinski definition) is 2. The van der Waals surface area contributed by atoms with Crippen LogP contribution in [0.15, 0.2) is 34.7 Å². The van der Waals surface area contributed by atoms with Crippen LogP contribution in [0.4, 0.5) is 17.6 Å². The summed E-state index contributed by atoms with van der Waals surface area (Å²) in [5.41, 5.74) is 1.98. The van der Waals surface area contributed by atoms with Crippen molar-refractivity contribution in [2.75, 3.05) is 13.1 Å². The van der Waals surface area contributed by atoms with Gasteiger partial charge in [-0.05, 0) is 43.4 Å². The van der Waals surface area contributed by atoms with Crippen LogP contribution in [-0.4, -0.2) is 29.8 Å². The lowest BCUT2D eigenvalue weighted by Crippen LogP contribution is -2.41. The molecule has 1 aromatic heterocycles. The first kappa shape index (κ1) is 21.4. The molecule has 0 spiro atoms. The summed E-state index contributed by atoms with van der Waals surface area (Å²) >= 11 is 0. The van der Waals surface area contributed by atoms with Gasteiger partial charge in [-0.3, -0.25) is 25.3 Å². The Morgan fingerprint density at radius 1 is 1.04 bits per heavy atom. The van der Waals surface area contributed by atoms with Crippen molar-refractivity contribution in [3.63, 3.8) is 0 Å². The standard InChI is InChI=1S/C18H19F4N3O3/c1-3-25(4-2)10-12-6-8-15(28-12)17(27)24-23-16(26)11-5-7-14(19)13(9-11)18(20,21)22/h5-9H,3-4,10H2,1-2H3,(H,23,26)(H,24,27). The molecule has 0 aliphatic rings. The number of hydrogen-bond acceptors (Lipinski definition) is 4. The van der Waals surface area contributed by atoms with E-state index in [1.807, 2.05) is 24.7 Å². The van der Waals surface area contributed by atoms with Gasteiger partial charge in [0.1, 0.15) is 11.6 Å². The van der Waals surface area contributed by atoms with Gasteiger partial charge in [0.2, 0.25) is 0 Å². The molecule has 2 N–H and O–H groups in total. The van der Waals surface area contributed by atoms with Gasteiger partial charge >= 0.3 is 12.1 Å². The molecule has 0 saturated carbocycles. The van der Waals surface area contributed by atoms with Crippen molar-refractivity contribution in [2.24, 2.45) is 0 Å². The van der Waals surface area contributed by atoms with Crippen LogP contribution in [0.1, 0.15) is 46.1 Å². The molecule has 1 aromatic carbocycles. The molecular weight excluding hydrogens is 382 g/mol. The highest BCUT2D eigenvalue weighted by molar-refractivity contribution is 5.98. The molecule has 0 fully saturated rings. The van der Waals surface area contributed by atoms with E-state index in [2.05, 4.69) is 4.90 Å². The summed E-state index contributed by atoms with van der Waals surface area (Å²) < 4.78 is 56.8. The fourth-order valence-electron chi connectivity index (χ4n) is 2.38. The third-order valence-corrected chi connectivity index (χ3v) is 3.98. The number of nitrogens with zero attached hydrogens (tertiary/aromatic N) is 1. The summed E-state index contributed by atoms with van der Waals surface area (Å²) in [6, 6.07) is 4.81. The fraction of sp³-hybridized carbons (Fsp3) is 0.333. The van der Waals surface area contributed by atoms with Crippen LogP contribution >= 0.6 is 0 Å². The molecule has 152 valence electrons. The monoisotopic (exact) mass is 401 g/mol. The Morgan fingerprint density at radius 2 is 1.68 bits per heavy atom. The topological polar surface area (TPSA) is 74.6 Å². The number of nitrogens with one attached hydrogen (secondary N) is 2. The van der Waals surface area contributed by atoms with E-state index in [9.17, 15) is 27.2 Å². The summed E-state index contributed by atoms with van der Waals surface area (Å²) in [4.78, 5) is 26.0. The number of halogens is 4. The van der Waals surface area contributed by atoms with Crippen LogP contribution in [-0.2, 0) is 12.7 Å². The molecule has 0 bridgehead atoms. The van der Waals surface area contributed by atoms with Crippen molar-refractivity contribution in [3.8, 4) is 0 Å². The Hall–Kier alpha value is -2.88. The highest BCUT2D eigenvalue weighted by atomic mass is 19.4. The van der Waals surface area contributed by atoms with E-state index in [4.69, 9.17) is 4.42 Å². The maximum atomic E-state index is 13.3. The number of furan rings is 1. The number of benzene rings is 1. The molecule has 0 aliphatic carbocycles. The minimum atomic E-state index is -4.95. The van der Waals surface area contributed by atoms with Crippen molar-refractivity contribution in [2.45, 2.75) is 26.6 Å². The smallest absolute Gasteiger partial charge is 0.419 e. The number of carbonyl (C=O) groups is 2. The quantitative estimate of drug-likeness (QED) is 0.575. The lowest BCUT2D eigenvalue weighted by atomic mass is 10.1. The summed E-state index contributed by atoms with van der Waals surface area (Å²) in [5, 5.41) is 0. The SMILES string of the molecule is CCN(CC)Cc1ccc(C(=O)NNC(=O)c2ccc(F)c(C(F)(F)F)c2)o1. The molecule has 0 atom stereocenters. The third kappa shape index (κ3) is 5.32. The Bertz CT molecular complexity index is 845. The minimum Gasteiger partial charge on any atom is -0.454 e. The normalized spacial score (nSPS) is 11.5. The van der Waals surface area contributed by atoms with Crippen LogP contribution in [0, 0.1) is 5.82 Å². The zero-order valence-corrected chi connectivity index (χ0v) is 15.2. The summed E-state index contributed by atoms with van der Waals surface area (Å²) in [6.07, 6.45) is -4.95. The van der Waals surface area contributed by atoms with Crippen LogP contribution in [0.3, 0.4) is 0 Å². The van der Waals surface area contributed by atoms with Crippen LogP contribution in [0.2, 0.25) is 0 Å². The molecule has 0 saturated heterocycles. The van der Waals surface area contributed by atoms with Crippen molar-refractivity contribution in [1.29, 1.82) is 0 Å². The lowest BCUT2D eigenvalue weighted by molar-refractivity contribution is -0.140. The molecule has 0 aliphatic heterocycles. The minimum absolute atomic E-state index is 0.0717. The maximum Gasteiger partial charge on any atom is 0.419 e.